The summed E-state index contributed by atoms with van der Waals surface area (Å²) < 4.78 is 23.8. The molecule has 1 N–H and O–H groups in total. The lowest BCUT2D eigenvalue weighted by atomic mass is 10.2. The van der Waals surface area contributed by atoms with E-state index in [1.165, 1.54) is 18.2 Å². The van der Waals surface area contributed by atoms with Gasteiger partial charge >= 0.3 is 11.9 Å². The minimum absolute atomic E-state index is 0.0706. The molecule has 0 saturated carbocycles. The summed E-state index contributed by atoms with van der Waals surface area (Å²) in [5, 5.41) is 9.03. The number of hydrogen-bond acceptors (Lipinski definition) is 4. The van der Waals surface area contributed by atoms with Crippen LogP contribution in [-0.2, 0) is 0 Å². The molecule has 100 valence electrons. The van der Waals surface area contributed by atoms with Gasteiger partial charge in [-0.15, -0.1) is 0 Å². The molecule has 0 radical (unpaired) electrons. The van der Waals surface area contributed by atoms with Gasteiger partial charge in [0, 0.05) is 0 Å². The molecule has 0 bridgehead atoms. The highest BCUT2D eigenvalue weighted by Crippen LogP contribution is 2.33. The maximum Gasteiger partial charge on any atom is 0.362 e. The van der Waals surface area contributed by atoms with Crippen LogP contribution in [-0.4, -0.2) is 22.7 Å². The van der Waals surface area contributed by atoms with Crippen LogP contribution in [0.25, 0.3) is 11.5 Å². The molecule has 5 nitrogen and oxygen atoms in total. The SMILES string of the molecule is CCOc1oc(-c2c(F)cccc2Cl)nc1C(=O)O. The molecule has 0 spiro atoms. The summed E-state index contributed by atoms with van der Waals surface area (Å²) in [4.78, 5) is 14.7. The van der Waals surface area contributed by atoms with E-state index in [1.54, 1.807) is 6.92 Å². The van der Waals surface area contributed by atoms with Crippen molar-refractivity contribution in [1.29, 1.82) is 0 Å². The Morgan fingerprint density at radius 2 is 2.32 bits per heavy atom. The Morgan fingerprint density at radius 3 is 2.89 bits per heavy atom. The third-order valence-corrected chi connectivity index (χ3v) is 2.57. The monoisotopic (exact) mass is 285 g/mol. The number of aromatic nitrogens is 1. The molecule has 0 amide bonds. The van der Waals surface area contributed by atoms with Gasteiger partial charge in [0.2, 0.25) is 11.6 Å². The standard InChI is InChI=1S/C12H9ClFNO4/c1-2-18-12-9(11(16)17)15-10(19-12)8-6(13)4-3-5-7(8)14/h3-5H,2H2,1H3,(H,16,17). The zero-order valence-electron chi connectivity index (χ0n) is 9.81. The highest BCUT2D eigenvalue weighted by atomic mass is 35.5. The summed E-state index contributed by atoms with van der Waals surface area (Å²) in [6.07, 6.45) is 0. The number of carboxylic acid groups (broad SMARTS) is 1. The number of carboxylic acids is 1. The van der Waals surface area contributed by atoms with E-state index >= 15 is 0 Å². The van der Waals surface area contributed by atoms with Crippen LogP contribution in [0.2, 0.25) is 5.02 Å². The van der Waals surface area contributed by atoms with Crippen LogP contribution in [0.5, 0.6) is 5.95 Å². The summed E-state index contributed by atoms with van der Waals surface area (Å²) in [5.74, 6) is -2.49. The van der Waals surface area contributed by atoms with E-state index in [0.29, 0.717) is 0 Å². The van der Waals surface area contributed by atoms with Gasteiger partial charge in [-0.2, -0.15) is 4.98 Å². The average Bonchev–Trinajstić information content (AvgIpc) is 2.73. The first-order valence-electron chi connectivity index (χ1n) is 5.36. The number of rotatable bonds is 4. The molecule has 1 aromatic carbocycles. The Labute approximate surface area is 112 Å². The lowest BCUT2D eigenvalue weighted by molar-refractivity contribution is 0.0683. The number of nitrogens with zero attached hydrogens (tertiary/aromatic N) is 1. The molecule has 0 aliphatic rings. The molecule has 1 heterocycles. The van der Waals surface area contributed by atoms with Crippen molar-refractivity contribution in [2.45, 2.75) is 6.92 Å². The fourth-order valence-electron chi connectivity index (χ4n) is 1.48. The van der Waals surface area contributed by atoms with Gasteiger partial charge in [0.1, 0.15) is 5.82 Å². The van der Waals surface area contributed by atoms with Gasteiger partial charge in [0.25, 0.3) is 0 Å². The van der Waals surface area contributed by atoms with E-state index in [-0.39, 0.29) is 29.0 Å². The summed E-state index contributed by atoms with van der Waals surface area (Å²) in [6, 6.07) is 4.04. The lowest BCUT2D eigenvalue weighted by Crippen LogP contribution is -2.01. The smallest absolute Gasteiger partial charge is 0.362 e. The molecule has 0 aliphatic heterocycles. The number of carbonyl (C=O) groups is 1. The second-order valence-corrected chi connectivity index (χ2v) is 3.90. The van der Waals surface area contributed by atoms with Crippen LogP contribution in [0.1, 0.15) is 17.4 Å². The Morgan fingerprint density at radius 1 is 1.58 bits per heavy atom. The van der Waals surface area contributed by atoms with E-state index in [2.05, 4.69) is 4.98 Å². The van der Waals surface area contributed by atoms with Crippen molar-refractivity contribution in [2.24, 2.45) is 0 Å². The molecule has 7 heteroatoms. The predicted molar refractivity (Wildman–Crippen MR) is 65.0 cm³/mol. The van der Waals surface area contributed by atoms with E-state index in [9.17, 15) is 9.18 Å². The van der Waals surface area contributed by atoms with Crippen molar-refractivity contribution >= 4 is 17.6 Å². The molecule has 2 aromatic rings. The van der Waals surface area contributed by atoms with Crippen LogP contribution >= 0.6 is 11.6 Å². The van der Waals surface area contributed by atoms with Crippen molar-refractivity contribution in [3.05, 3.63) is 34.7 Å². The lowest BCUT2D eigenvalue weighted by Gasteiger charge is -2.00. The van der Waals surface area contributed by atoms with Gasteiger partial charge in [-0.1, -0.05) is 17.7 Å². The first-order chi connectivity index (χ1) is 9.04. The van der Waals surface area contributed by atoms with Crippen molar-refractivity contribution < 1.29 is 23.4 Å². The van der Waals surface area contributed by atoms with Gasteiger partial charge in [-0.25, -0.2) is 9.18 Å². The van der Waals surface area contributed by atoms with Crippen LogP contribution in [0.15, 0.2) is 22.6 Å². The van der Waals surface area contributed by atoms with Gasteiger partial charge in [-0.05, 0) is 19.1 Å². The number of oxazole rings is 1. The van der Waals surface area contributed by atoms with Crippen molar-refractivity contribution in [1.82, 2.24) is 4.98 Å². The first-order valence-corrected chi connectivity index (χ1v) is 5.73. The zero-order chi connectivity index (χ0) is 14.0. The molecule has 0 aliphatic carbocycles. The van der Waals surface area contributed by atoms with Gasteiger partial charge < -0.3 is 14.3 Å². The highest BCUT2D eigenvalue weighted by Gasteiger charge is 2.24. The Kier molecular flexibility index (Phi) is 3.71. The van der Waals surface area contributed by atoms with Crippen LogP contribution in [0, 0.1) is 5.82 Å². The molecule has 19 heavy (non-hydrogen) atoms. The number of hydrogen-bond donors (Lipinski definition) is 1. The maximum absolute atomic E-state index is 13.7. The zero-order valence-corrected chi connectivity index (χ0v) is 10.6. The van der Waals surface area contributed by atoms with Crippen LogP contribution in [0.4, 0.5) is 4.39 Å². The van der Waals surface area contributed by atoms with E-state index in [1.807, 2.05) is 0 Å². The quantitative estimate of drug-likeness (QED) is 0.933. The number of benzene rings is 1. The summed E-state index contributed by atoms with van der Waals surface area (Å²) in [5.41, 5.74) is -0.520. The van der Waals surface area contributed by atoms with Crippen LogP contribution < -0.4 is 4.74 Å². The highest BCUT2D eigenvalue weighted by molar-refractivity contribution is 6.33. The predicted octanol–water partition coefficient (Wildman–Crippen LogP) is 3.23. The molecule has 0 atom stereocenters. The fourth-order valence-corrected chi connectivity index (χ4v) is 1.72. The summed E-state index contributed by atoms with van der Waals surface area (Å²) >= 11 is 5.85. The Hall–Kier alpha value is -2.08. The number of ether oxygens (including phenoxy) is 1. The second kappa shape index (κ2) is 5.27. The topological polar surface area (TPSA) is 72.6 Å². The largest absolute Gasteiger partial charge is 0.476 e. The molecule has 0 fully saturated rings. The van der Waals surface area contributed by atoms with Gasteiger partial charge in [0.05, 0.1) is 17.2 Å². The molecular formula is C12H9ClFNO4. The molecule has 0 saturated heterocycles. The molecule has 1 aromatic heterocycles. The maximum atomic E-state index is 13.7. The summed E-state index contributed by atoms with van der Waals surface area (Å²) in [6.45, 7) is 1.85. The third kappa shape index (κ3) is 2.53. The van der Waals surface area contributed by atoms with Gasteiger partial charge in [0.15, 0.2) is 0 Å². The minimum Gasteiger partial charge on any atom is -0.476 e. The molecule has 2 rings (SSSR count). The fraction of sp³-hybridized carbons (Fsp3) is 0.167. The first kappa shape index (κ1) is 13.4. The number of halogens is 2. The van der Waals surface area contributed by atoms with Crippen molar-refractivity contribution in [2.75, 3.05) is 6.61 Å². The average molecular weight is 286 g/mol. The normalized spacial score (nSPS) is 10.5. The van der Waals surface area contributed by atoms with E-state index < -0.39 is 17.5 Å². The number of aromatic carboxylic acids is 1. The van der Waals surface area contributed by atoms with Crippen molar-refractivity contribution in [3.63, 3.8) is 0 Å². The van der Waals surface area contributed by atoms with Crippen LogP contribution in [0.3, 0.4) is 0 Å². The van der Waals surface area contributed by atoms with E-state index in [4.69, 9.17) is 25.9 Å². The third-order valence-electron chi connectivity index (χ3n) is 2.25. The second-order valence-electron chi connectivity index (χ2n) is 3.49. The Bertz CT molecular complexity index is 606. The Balaban J connectivity index is 2.57. The van der Waals surface area contributed by atoms with Gasteiger partial charge in [-0.3, -0.25) is 0 Å². The summed E-state index contributed by atoms with van der Waals surface area (Å²) in [7, 11) is 0. The molecule has 0 unspecified atom stereocenters. The minimum atomic E-state index is -1.33. The molecular weight excluding hydrogens is 277 g/mol. The van der Waals surface area contributed by atoms with E-state index in [0.717, 1.165) is 0 Å². The van der Waals surface area contributed by atoms with Crippen molar-refractivity contribution in [3.8, 4) is 17.4 Å².